The molecule has 0 unspecified atom stereocenters. The largest absolute Gasteiger partial charge is 0.456 e. The van der Waals surface area contributed by atoms with Gasteiger partial charge in [-0.15, -0.1) is 0 Å². The molecule has 1 aromatic heterocycles. The number of nitrogens with two attached hydrogens (primary N) is 1. The number of aromatic nitrogens is 3. The van der Waals surface area contributed by atoms with Crippen LogP contribution in [0.25, 0.3) is 0 Å². The lowest BCUT2D eigenvalue weighted by molar-refractivity contribution is -0.165. The van der Waals surface area contributed by atoms with Crippen LogP contribution in [0.5, 0.6) is 0 Å². The predicted molar refractivity (Wildman–Crippen MR) is 66.8 cm³/mol. The summed E-state index contributed by atoms with van der Waals surface area (Å²) in [7, 11) is 0. The fourth-order valence-corrected chi connectivity index (χ4v) is 1.98. The smallest absolute Gasteiger partial charge is 0.354 e. The standard InChI is InChI=1S/C11H14N4O6/c1-5(16)20-7-3-19-9(8(7)21-6(2)17)15-4-13-10(12)14-11(15)18/h4,7-9H,3H2,1-2H3,(H2,12,14,18)/t7-,8-,9-/m1/s1. The average Bonchev–Trinajstić information content (AvgIpc) is 2.71. The Hall–Kier alpha value is -2.49. The molecule has 2 rings (SSSR count). The number of nitrogens with zero attached hydrogens (tertiary/aromatic N) is 3. The van der Waals surface area contributed by atoms with Crippen molar-refractivity contribution in [3.8, 4) is 0 Å². The van der Waals surface area contributed by atoms with Crippen molar-refractivity contribution in [2.45, 2.75) is 32.3 Å². The number of hydrogen-bond acceptors (Lipinski definition) is 9. The van der Waals surface area contributed by atoms with Gasteiger partial charge in [-0.2, -0.15) is 4.98 Å². The van der Waals surface area contributed by atoms with Crippen LogP contribution in [0.3, 0.4) is 0 Å². The van der Waals surface area contributed by atoms with Crippen LogP contribution in [0.15, 0.2) is 11.1 Å². The number of hydrogen-bond donors (Lipinski definition) is 1. The molecule has 3 atom stereocenters. The van der Waals surface area contributed by atoms with Crippen LogP contribution in [0.4, 0.5) is 5.95 Å². The van der Waals surface area contributed by atoms with Crippen molar-refractivity contribution < 1.29 is 23.8 Å². The molecule has 2 N–H and O–H groups in total. The normalized spacial score (nSPS) is 24.6. The SMILES string of the molecule is CC(=O)O[C@H]1[C@H](n2cnc(N)nc2=O)OC[C@H]1OC(C)=O. The van der Waals surface area contributed by atoms with Crippen molar-refractivity contribution in [1.82, 2.24) is 14.5 Å². The van der Waals surface area contributed by atoms with E-state index < -0.39 is 36.1 Å². The molecule has 10 heteroatoms. The zero-order valence-corrected chi connectivity index (χ0v) is 11.4. The van der Waals surface area contributed by atoms with Crippen molar-refractivity contribution in [3.05, 3.63) is 16.8 Å². The summed E-state index contributed by atoms with van der Waals surface area (Å²) in [6.45, 7) is 2.39. The second-order valence-corrected chi connectivity index (χ2v) is 4.35. The van der Waals surface area contributed by atoms with Crippen LogP contribution in [0.1, 0.15) is 20.1 Å². The van der Waals surface area contributed by atoms with E-state index in [9.17, 15) is 14.4 Å². The van der Waals surface area contributed by atoms with E-state index in [0.717, 1.165) is 10.9 Å². The molecule has 0 amide bonds. The van der Waals surface area contributed by atoms with E-state index in [4.69, 9.17) is 19.9 Å². The van der Waals surface area contributed by atoms with Crippen LogP contribution < -0.4 is 11.4 Å². The minimum absolute atomic E-state index is 0.0288. The van der Waals surface area contributed by atoms with E-state index in [1.54, 1.807) is 0 Å². The van der Waals surface area contributed by atoms with Gasteiger partial charge in [0.15, 0.2) is 18.4 Å². The lowest BCUT2D eigenvalue weighted by Gasteiger charge is -2.22. The molecular weight excluding hydrogens is 284 g/mol. The van der Waals surface area contributed by atoms with Gasteiger partial charge in [0.25, 0.3) is 0 Å². The Bertz CT molecular complexity index is 615. The summed E-state index contributed by atoms with van der Waals surface area (Å²) in [4.78, 5) is 41.2. The second-order valence-electron chi connectivity index (χ2n) is 4.35. The molecule has 1 aromatic rings. The molecule has 1 aliphatic heterocycles. The molecule has 0 saturated carbocycles. The Kier molecular flexibility index (Phi) is 4.17. The second kappa shape index (κ2) is 5.87. The van der Waals surface area contributed by atoms with E-state index in [-0.39, 0.29) is 12.6 Å². The molecule has 1 fully saturated rings. The molecule has 10 nitrogen and oxygen atoms in total. The molecule has 1 saturated heterocycles. The highest BCUT2D eigenvalue weighted by Gasteiger charge is 2.43. The Morgan fingerprint density at radius 2 is 2.05 bits per heavy atom. The Morgan fingerprint density at radius 3 is 2.62 bits per heavy atom. The van der Waals surface area contributed by atoms with E-state index in [0.29, 0.717) is 0 Å². The fourth-order valence-electron chi connectivity index (χ4n) is 1.98. The maximum absolute atomic E-state index is 11.8. The lowest BCUT2D eigenvalue weighted by atomic mass is 10.2. The third kappa shape index (κ3) is 3.34. The topological polar surface area (TPSA) is 136 Å². The summed E-state index contributed by atoms with van der Waals surface area (Å²) >= 11 is 0. The van der Waals surface area contributed by atoms with Crippen LogP contribution in [-0.2, 0) is 23.8 Å². The zero-order valence-electron chi connectivity index (χ0n) is 11.4. The highest BCUT2D eigenvalue weighted by Crippen LogP contribution is 2.28. The molecular formula is C11H14N4O6. The first-order chi connectivity index (χ1) is 9.88. The number of anilines is 1. The maximum Gasteiger partial charge on any atom is 0.354 e. The highest BCUT2D eigenvalue weighted by atomic mass is 16.6. The van der Waals surface area contributed by atoms with Gasteiger partial charge in [0.1, 0.15) is 6.33 Å². The summed E-state index contributed by atoms with van der Waals surface area (Å²) in [6, 6.07) is 0. The van der Waals surface area contributed by atoms with Gasteiger partial charge in [0.05, 0.1) is 6.61 Å². The lowest BCUT2D eigenvalue weighted by Crippen LogP contribution is -2.39. The third-order valence-electron chi connectivity index (χ3n) is 2.72. The van der Waals surface area contributed by atoms with Crippen molar-refractivity contribution in [3.63, 3.8) is 0 Å². The summed E-state index contributed by atoms with van der Waals surface area (Å²) in [5.74, 6) is -1.34. The quantitative estimate of drug-likeness (QED) is 0.669. The van der Waals surface area contributed by atoms with Crippen molar-refractivity contribution >= 4 is 17.9 Å². The number of nitrogen functional groups attached to an aromatic ring is 1. The van der Waals surface area contributed by atoms with Crippen LogP contribution in [0, 0.1) is 0 Å². The molecule has 0 aromatic carbocycles. The van der Waals surface area contributed by atoms with Crippen molar-refractivity contribution in [2.75, 3.05) is 12.3 Å². The zero-order chi connectivity index (χ0) is 15.6. The van der Waals surface area contributed by atoms with Crippen molar-refractivity contribution in [2.24, 2.45) is 0 Å². The van der Waals surface area contributed by atoms with E-state index in [1.165, 1.54) is 13.8 Å². The molecule has 0 aliphatic carbocycles. The van der Waals surface area contributed by atoms with Crippen LogP contribution >= 0.6 is 0 Å². The molecule has 2 heterocycles. The Morgan fingerprint density at radius 1 is 1.38 bits per heavy atom. The van der Waals surface area contributed by atoms with Crippen LogP contribution in [0.2, 0.25) is 0 Å². The number of carbonyl (C=O) groups is 2. The molecule has 114 valence electrons. The number of rotatable bonds is 3. The monoisotopic (exact) mass is 298 g/mol. The first-order valence-electron chi connectivity index (χ1n) is 6.05. The minimum atomic E-state index is -0.994. The number of ether oxygens (including phenoxy) is 3. The first-order valence-corrected chi connectivity index (χ1v) is 6.05. The first kappa shape index (κ1) is 14.9. The molecule has 0 radical (unpaired) electrons. The fraction of sp³-hybridized carbons (Fsp3) is 0.545. The van der Waals surface area contributed by atoms with Gasteiger partial charge in [0, 0.05) is 13.8 Å². The van der Waals surface area contributed by atoms with E-state index in [2.05, 4.69) is 9.97 Å². The number of esters is 2. The van der Waals surface area contributed by atoms with Crippen LogP contribution in [-0.4, -0.2) is 45.3 Å². The van der Waals surface area contributed by atoms with Gasteiger partial charge >= 0.3 is 17.6 Å². The summed E-state index contributed by atoms with van der Waals surface area (Å²) in [5.41, 5.74) is 4.59. The van der Waals surface area contributed by atoms with E-state index >= 15 is 0 Å². The summed E-state index contributed by atoms with van der Waals surface area (Å²) < 4.78 is 16.5. The van der Waals surface area contributed by atoms with Gasteiger partial charge < -0.3 is 19.9 Å². The number of carbonyl (C=O) groups excluding carboxylic acids is 2. The Labute approximate surface area is 118 Å². The molecule has 0 bridgehead atoms. The van der Waals surface area contributed by atoms with Gasteiger partial charge in [-0.05, 0) is 0 Å². The molecule has 21 heavy (non-hydrogen) atoms. The summed E-state index contributed by atoms with van der Waals surface area (Å²) in [6.07, 6.45) is -1.66. The average molecular weight is 298 g/mol. The van der Waals surface area contributed by atoms with Gasteiger partial charge in [0.2, 0.25) is 5.95 Å². The highest BCUT2D eigenvalue weighted by molar-refractivity contribution is 5.67. The van der Waals surface area contributed by atoms with Gasteiger partial charge in [-0.1, -0.05) is 0 Å². The predicted octanol–water partition coefficient (Wildman–Crippen LogP) is -1.39. The molecule has 1 aliphatic rings. The maximum atomic E-state index is 11.8. The van der Waals surface area contributed by atoms with Gasteiger partial charge in [-0.25, -0.2) is 9.78 Å². The summed E-state index contributed by atoms with van der Waals surface area (Å²) in [5, 5.41) is 0. The Balaban J connectivity index is 2.30. The minimum Gasteiger partial charge on any atom is -0.456 e. The molecule has 0 spiro atoms. The van der Waals surface area contributed by atoms with Crippen molar-refractivity contribution in [1.29, 1.82) is 0 Å². The van der Waals surface area contributed by atoms with Gasteiger partial charge in [-0.3, -0.25) is 14.2 Å². The third-order valence-corrected chi connectivity index (χ3v) is 2.72. The van der Waals surface area contributed by atoms with E-state index in [1.807, 2.05) is 0 Å².